The molecule has 0 aliphatic rings. The third kappa shape index (κ3) is 2.91. The van der Waals surface area contributed by atoms with Crippen molar-refractivity contribution in [3.8, 4) is 0 Å². The highest BCUT2D eigenvalue weighted by molar-refractivity contribution is 7.91. The molecule has 0 heterocycles. The monoisotopic (exact) mass is 379 g/mol. The molecule has 23 heavy (non-hydrogen) atoms. The van der Waals surface area contributed by atoms with Crippen LogP contribution in [0.25, 0.3) is 0 Å². The lowest BCUT2D eigenvalue weighted by Crippen LogP contribution is -2.68. The van der Waals surface area contributed by atoms with Crippen LogP contribution >= 0.6 is 0 Å². The van der Waals surface area contributed by atoms with Gasteiger partial charge < -0.3 is 0 Å². The number of hydrogen-bond donors (Lipinski definition) is 1. The molecular weight excluding hydrogens is 352 g/mol. The molecule has 0 aromatic carbocycles. The predicted molar refractivity (Wildman–Crippen MR) is 85.7 cm³/mol. The van der Waals surface area contributed by atoms with E-state index in [1.54, 1.807) is 0 Å². The molecule has 0 rings (SSSR count). The zero-order valence-electron chi connectivity index (χ0n) is 14.4. The first-order valence-electron chi connectivity index (χ1n) is 7.46. The van der Waals surface area contributed by atoms with Gasteiger partial charge in [0.2, 0.25) is 10.0 Å². The minimum absolute atomic E-state index is 0.492. The minimum Gasteiger partial charge on any atom is -0.285 e. The quantitative estimate of drug-likeness (QED) is 0.622. The van der Waals surface area contributed by atoms with E-state index in [-0.39, 0.29) is 0 Å². The zero-order valence-corrected chi connectivity index (χ0v) is 16.1. The molecule has 0 fully saturated rings. The summed E-state index contributed by atoms with van der Waals surface area (Å²) in [6.07, 6.45) is -2.21. The van der Waals surface area contributed by atoms with Crippen LogP contribution in [0.5, 0.6) is 0 Å². The highest BCUT2D eigenvalue weighted by Crippen LogP contribution is 2.53. The van der Waals surface area contributed by atoms with Gasteiger partial charge in [0.1, 0.15) is 0 Å². The maximum absolute atomic E-state index is 15.5. The lowest BCUT2D eigenvalue weighted by Gasteiger charge is -2.47. The number of halogens is 2. The van der Waals surface area contributed by atoms with Crippen LogP contribution in [0.15, 0.2) is 0 Å². The average molecular weight is 379 g/mol. The van der Waals surface area contributed by atoms with Crippen LogP contribution in [0.4, 0.5) is 8.78 Å². The Kier molecular flexibility index (Phi) is 6.80. The molecule has 0 aliphatic carbocycles. The van der Waals surface area contributed by atoms with Gasteiger partial charge >= 0.3 is 0 Å². The van der Waals surface area contributed by atoms with Crippen LogP contribution in [-0.4, -0.2) is 55.2 Å². The molecule has 6 nitrogen and oxygen atoms in total. The van der Waals surface area contributed by atoms with E-state index >= 15 is 8.78 Å². The Morgan fingerprint density at radius 3 is 1.30 bits per heavy atom. The molecule has 0 aromatic rings. The summed E-state index contributed by atoms with van der Waals surface area (Å²) >= 11 is 0. The number of alkyl halides is 2. The first kappa shape index (κ1) is 22.7. The molecule has 0 saturated carbocycles. The maximum Gasteiger partial charge on any atom is 0.290 e. The van der Waals surface area contributed by atoms with E-state index in [9.17, 15) is 21.4 Å². The number of sulfonamides is 1. The molecule has 0 aliphatic heterocycles. The van der Waals surface area contributed by atoms with Crippen LogP contribution in [0, 0.1) is 0 Å². The van der Waals surface area contributed by atoms with E-state index < -0.39 is 61.2 Å². The lowest BCUT2D eigenvalue weighted by atomic mass is 9.81. The molecule has 140 valence electrons. The van der Waals surface area contributed by atoms with Crippen molar-refractivity contribution in [2.75, 3.05) is 14.1 Å². The summed E-state index contributed by atoms with van der Waals surface area (Å²) in [5, 5.41) is 0. The van der Waals surface area contributed by atoms with Gasteiger partial charge in [-0.15, -0.1) is 0 Å². The SMILES string of the molecule is CCC(CC)(C(F)(F)C(CC)(CC)S(=O)(=O)N(C)C)S(=O)(=O)O. The lowest BCUT2D eigenvalue weighted by molar-refractivity contribution is -0.0900. The molecule has 0 aromatic heterocycles. The van der Waals surface area contributed by atoms with E-state index in [1.807, 2.05) is 0 Å². The molecule has 1 N–H and O–H groups in total. The van der Waals surface area contributed by atoms with E-state index in [0.717, 1.165) is 14.1 Å². The van der Waals surface area contributed by atoms with Gasteiger partial charge in [-0.05, 0) is 25.7 Å². The molecular formula is C13H27F2NO5S2. The van der Waals surface area contributed by atoms with Crippen LogP contribution in [0.1, 0.15) is 53.4 Å². The van der Waals surface area contributed by atoms with Gasteiger partial charge in [-0.3, -0.25) is 4.55 Å². The Morgan fingerprint density at radius 1 is 0.826 bits per heavy atom. The second-order valence-corrected chi connectivity index (χ2v) is 9.93. The minimum atomic E-state index is -5.21. The fourth-order valence-electron chi connectivity index (χ4n) is 3.21. The first-order valence-corrected chi connectivity index (χ1v) is 10.3. The summed E-state index contributed by atoms with van der Waals surface area (Å²) in [6.45, 7) is 4.95. The van der Waals surface area contributed by atoms with Crippen LogP contribution < -0.4 is 0 Å². The molecule has 0 saturated heterocycles. The smallest absolute Gasteiger partial charge is 0.285 e. The summed E-state index contributed by atoms with van der Waals surface area (Å²) in [4.78, 5) is 0. The number of rotatable bonds is 9. The average Bonchev–Trinajstić information content (AvgIpc) is 2.39. The largest absolute Gasteiger partial charge is 0.290 e. The second-order valence-electron chi connectivity index (χ2n) is 5.74. The van der Waals surface area contributed by atoms with Crippen LogP contribution in [0.3, 0.4) is 0 Å². The van der Waals surface area contributed by atoms with Gasteiger partial charge in [-0.2, -0.15) is 8.42 Å². The Morgan fingerprint density at radius 2 is 1.13 bits per heavy atom. The molecule has 0 atom stereocenters. The van der Waals surface area contributed by atoms with Crippen LogP contribution in [-0.2, 0) is 20.1 Å². The van der Waals surface area contributed by atoms with Gasteiger partial charge in [0.25, 0.3) is 16.0 Å². The van der Waals surface area contributed by atoms with Crippen molar-refractivity contribution >= 4 is 20.1 Å². The molecule has 10 heteroatoms. The third-order valence-corrected chi connectivity index (χ3v) is 9.50. The standard InChI is InChI=1S/C13H27F2NO5S2/c1-7-11(8-2,22(17,18)16(5)6)13(14,15)12(9-3,10-4)23(19,20)21/h7-10H2,1-6H3,(H,19,20,21). The van der Waals surface area contributed by atoms with E-state index in [1.165, 1.54) is 27.7 Å². The van der Waals surface area contributed by atoms with Crippen molar-refractivity contribution in [3.63, 3.8) is 0 Å². The molecule has 0 amide bonds. The maximum atomic E-state index is 15.5. The fourth-order valence-corrected chi connectivity index (χ4v) is 6.47. The van der Waals surface area contributed by atoms with Crippen molar-refractivity contribution in [3.05, 3.63) is 0 Å². The van der Waals surface area contributed by atoms with Gasteiger partial charge in [0.05, 0.1) is 0 Å². The normalized spacial score (nSPS) is 15.2. The fraction of sp³-hybridized carbons (Fsp3) is 1.00. The Labute approximate surface area is 138 Å². The van der Waals surface area contributed by atoms with Gasteiger partial charge in [0.15, 0.2) is 9.49 Å². The van der Waals surface area contributed by atoms with Crippen molar-refractivity contribution in [2.45, 2.75) is 68.8 Å². The van der Waals surface area contributed by atoms with E-state index in [4.69, 9.17) is 0 Å². The van der Waals surface area contributed by atoms with Crippen LogP contribution in [0.2, 0.25) is 0 Å². The molecule has 0 spiro atoms. The van der Waals surface area contributed by atoms with E-state index in [0.29, 0.717) is 4.31 Å². The molecule has 0 unspecified atom stereocenters. The van der Waals surface area contributed by atoms with Gasteiger partial charge in [-0.1, -0.05) is 27.7 Å². The highest BCUT2D eigenvalue weighted by Gasteiger charge is 2.73. The Hall–Kier alpha value is -0.320. The Bertz CT molecular complexity index is 606. The third-order valence-electron chi connectivity index (χ3n) is 4.90. The number of hydrogen-bond acceptors (Lipinski definition) is 4. The summed E-state index contributed by atoms with van der Waals surface area (Å²) in [5.74, 6) is -4.19. The van der Waals surface area contributed by atoms with E-state index in [2.05, 4.69) is 0 Å². The summed E-state index contributed by atoms with van der Waals surface area (Å²) < 4.78 is 84.5. The van der Waals surface area contributed by atoms with Gasteiger partial charge in [0, 0.05) is 14.1 Å². The van der Waals surface area contributed by atoms with Crippen molar-refractivity contribution < 1.29 is 30.2 Å². The number of nitrogens with zero attached hydrogens (tertiary/aromatic N) is 1. The highest BCUT2D eigenvalue weighted by atomic mass is 32.2. The first-order chi connectivity index (χ1) is 10.2. The molecule has 0 radical (unpaired) electrons. The zero-order chi connectivity index (χ0) is 18.9. The summed E-state index contributed by atoms with van der Waals surface area (Å²) in [6, 6.07) is 0. The Balaban J connectivity index is 6.96. The topological polar surface area (TPSA) is 91.8 Å². The van der Waals surface area contributed by atoms with Crippen molar-refractivity contribution in [2.24, 2.45) is 0 Å². The molecule has 0 bridgehead atoms. The predicted octanol–water partition coefficient (Wildman–Crippen LogP) is 2.52. The summed E-state index contributed by atoms with van der Waals surface area (Å²) in [5.41, 5.74) is 0. The summed E-state index contributed by atoms with van der Waals surface area (Å²) in [7, 11) is -7.47. The van der Waals surface area contributed by atoms with Crippen molar-refractivity contribution in [1.82, 2.24) is 4.31 Å². The van der Waals surface area contributed by atoms with Gasteiger partial charge in [-0.25, -0.2) is 21.5 Å². The van der Waals surface area contributed by atoms with Crippen molar-refractivity contribution in [1.29, 1.82) is 0 Å². The second kappa shape index (κ2) is 6.89.